The lowest BCUT2D eigenvalue weighted by Gasteiger charge is -2.03. The minimum atomic E-state index is -0.765. The summed E-state index contributed by atoms with van der Waals surface area (Å²) in [6, 6.07) is 0. The molecule has 1 N–H and O–H groups in total. The molecule has 0 bridgehead atoms. The third kappa shape index (κ3) is 6.54. The summed E-state index contributed by atoms with van der Waals surface area (Å²) in [7, 11) is 3.05. The largest absolute Gasteiger partial charge is 0.481 e. The van der Waals surface area contributed by atoms with E-state index in [2.05, 4.69) is 0 Å². The Hall–Kier alpha value is -0.160. The summed E-state index contributed by atoms with van der Waals surface area (Å²) in [5.41, 5.74) is 0. The standard InChI is InChI=1S/C7H12O3S2/c1-6(7(9)10)5-12-11-4-2-3-8/h3,6H,2,4-5H2,1H3,(H,9,10)/t6-/m0/s1. The van der Waals surface area contributed by atoms with E-state index < -0.39 is 5.97 Å². The Kier molecular flexibility index (Phi) is 7.39. The smallest absolute Gasteiger partial charge is 0.307 e. The van der Waals surface area contributed by atoms with Crippen LogP contribution in [0, 0.1) is 5.92 Å². The Bertz CT molecular complexity index is 150. The van der Waals surface area contributed by atoms with E-state index in [1.54, 1.807) is 17.7 Å². The maximum Gasteiger partial charge on any atom is 0.307 e. The van der Waals surface area contributed by atoms with Crippen molar-refractivity contribution in [2.24, 2.45) is 5.92 Å². The van der Waals surface area contributed by atoms with Gasteiger partial charge in [-0.1, -0.05) is 28.5 Å². The van der Waals surface area contributed by atoms with Gasteiger partial charge in [0.1, 0.15) is 6.29 Å². The summed E-state index contributed by atoms with van der Waals surface area (Å²) in [5, 5.41) is 8.51. The molecular formula is C7H12O3S2. The summed E-state index contributed by atoms with van der Waals surface area (Å²) in [6.45, 7) is 1.68. The highest BCUT2D eigenvalue weighted by molar-refractivity contribution is 8.76. The molecule has 70 valence electrons. The average molecular weight is 208 g/mol. The molecule has 0 aromatic heterocycles. The molecule has 0 heterocycles. The van der Waals surface area contributed by atoms with Crippen molar-refractivity contribution < 1.29 is 14.7 Å². The van der Waals surface area contributed by atoms with Crippen LogP contribution in [0.1, 0.15) is 13.3 Å². The Balaban J connectivity index is 3.19. The van der Waals surface area contributed by atoms with E-state index in [4.69, 9.17) is 5.11 Å². The lowest BCUT2D eigenvalue weighted by Crippen LogP contribution is -2.11. The molecule has 0 rings (SSSR count). The van der Waals surface area contributed by atoms with Crippen LogP contribution in [0.5, 0.6) is 0 Å². The van der Waals surface area contributed by atoms with E-state index in [1.165, 1.54) is 10.8 Å². The zero-order valence-electron chi connectivity index (χ0n) is 6.86. The first kappa shape index (κ1) is 11.8. The number of carbonyl (C=O) groups is 2. The van der Waals surface area contributed by atoms with Crippen molar-refractivity contribution in [1.29, 1.82) is 0 Å². The van der Waals surface area contributed by atoms with Gasteiger partial charge in [-0.15, -0.1) is 0 Å². The fourth-order valence-electron chi connectivity index (χ4n) is 0.377. The van der Waals surface area contributed by atoms with Gasteiger partial charge < -0.3 is 9.90 Å². The van der Waals surface area contributed by atoms with Crippen LogP contribution in [0.2, 0.25) is 0 Å². The highest BCUT2D eigenvalue weighted by atomic mass is 33.1. The molecule has 0 unspecified atom stereocenters. The van der Waals surface area contributed by atoms with Crippen molar-refractivity contribution in [3.8, 4) is 0 Å². The van der Waals surface area contributed by atoms with E-state index in [0.717, 1.165) is 12.0 Å². The van der Waals surface area contributed by atoms with Gasteiger partial charge in [0.05, 0.1) is 5.92 Å². The van der Waals surface area contributed by atoms with Gasteiger partial charge >= 0.3 is 5.97 Å². The molecule has 0 saturated heterocycles. The van der Waals surface area contributed by atoms with Crippen molar-refractivity contribution in [3.05, 3.63) is 0 Å². The van der Waals surface area contributed by atoms with Gasteiger partial charge in [-0.05, 0) is 0 Å². The quantitative estimate of drug-likeness (QED) is 0.392. The molecule has 1 atom stereocenters. The average Bonchev–Trinajstić information content (AvgIpc) is 2.03. The Morgan fingerprint density at radius 3 is 2.75 bits per heavy atom. The van der Waals surface area contributed by atoms with Crippen molar-refractivity contribution in [2.75, 3.05) is 11.5 Å². The molecule has 0 radical (unpaired) electrons. The molecule has 0 saturated carbocycles. The summed E-state index contributed by atoms with van der Waals surface area (Å²) >= 11 is 0. The maximum atomic E-state index is 10.3. The van der Waals surface area contributed by atoms with E-state index in [1.807, 2.05) is 0 Å². The molecule has 0 aliphatic rings. The van der Waals surface area contributed by atoms with E-state index in [-0.39, 0.29) is 5.92 Å². The second-order valence-electron chi connectivity index (χ2n) is 2.30. The molecule has 0 spiro atoms. The minimum absolute atomic E-state index is 0.307. The molecular weight excluding hydrogens is 196 g/mol. The normalized spacial score (nSPS) is 12.4. The molecule has 0 aliphatic heterocycles. The van der Waals surface area contributed by atoms with E-state index in [9.17, 15) is 9.59 Å². The first-order valence-electron chi connectivity index (χ1n) is 3.59. The molecule has 0 aromatic carbocycles. The van der Waals surface area contributed by atoms with Crippen LogP contribution < -0.4 is 0 Å². The maximum absolute atomic E-state index is 10.3. The third-order valence-electron chi connectivity index (χ3n) is 1.14. The van der Waals surface area contributed by atoms with Gasteiger partial charge in [0, 0.05) is 17.9 Å². The van der Waals surface area contributed by atoms with Crippen LogP contribution >= 0.6 is 21.6 Å². The van der Waals surface area contributed by atoms with Gasteiger partial charge in [0.15, 0.2) is 0 Å². The number of carboxylic acid groups (broad SMARTS) is 1. The molecule has 3 nitrogen and oxygen atoms in total. The first-order valence-corrected chi connectivity index (χ1v) is 6.08. The van der Waals surface area contributed by atoms with Gasteiger partial charge in [0.25, 0.3) is 0 Å². The predicted octanol–water partition coefficient (Wildman–Crippen LogP) is 1.68. The number of carbonyl (C=O) groups excluding carboxylic acids is 1. The van der Waals surface area contributed by atoms with Crippen molar-refractivity contribution in [1.82, 2.24) is 0 Å². The van der Waals surface area contributed by atoms with Gasteiger partial charge in [0.2, 0.25) is 0 Å². The number of hydrogen-bond donors (Lipinski definition) is 1. The molecule has 0 amide bonds. The van der Waals surface area contributed by atoms with Gasteiger partial charge in [-0.3, -0.25) is 4.79 Å². The number of aliphatic carboxylic acids is 1. The summed E-state index contributed by atoms with van der Waals surface area (Å²) < 4.78 is 0. The number of aldehydes is 1. The van der Waals surface area contributed by atoms with Crippen molar-refractivity contribution >= 4 is 33.8 Å². The number of rotatable bonds is 7. The highest BCUT2D eigenvalue weighted by Gasteiger charge is 2.09. The second kappa shape index (κ2) is 7.49. The monoisotopic (exact) mass is 208 g/mol. The Labute approximate surface area is 79.7 Å². The van der Waals surface area contributed by atoms with Gasteiger partial charge in [-0.2, -0.15) is 0 Å². The third-order valence-corrected chi connectivity index (χ3v) is 3.76. The molecule has 0 aliphatic carbocycles. The van der Waals surface area contributed by atoms with Crippen molar-refractivity contribution in [2.45, 2.75) is 13.3 Å². The topological polar surface area (TPSA) is 54.4 Å². The first-order chi connectivity index (χ1) is 5.68. The minimum Gasteiger partial charge on any atom is -0.481 e. The number of hydrogen-bond acceptors (Lipinski definition) is 4. The van der Waals surface area contributed by atoms with Gasteiger partial charge in [-0.25, -0.2) is 0 Å². The molecule has 0 aromatic rings. The lowest BCUT2D eigenvalue weighted by atomic mass is 10.2. The zero-order chi connectivity index (χ0) is 9.40. The molecule has 5 heteroatoms. The van der Waals surface area contributed by atoms with Crippen LogP contribution in [0.3, 0.4) is 0 Å². The fraction of sp³-hybridized carbons (Fsp3) is 0.714. The highest BCUT2D eigenvalue weighted by Crippen LogP contribution is 2.24. The lowest BCUT2D eigenvalue weighted by molar-refractivity contribution is -0.140. The summed E-state index contributed by atoms with van der Waals surface area (Å²) in [6.07, 6.45) is 1.41. The van der Waals surface area contributed by atoms with Crippen molar-refractivity contribution in [3.63, 3.8) is 0 Å². The summed E-state index contributed by atoms with van der Waals surface area (Å²) in [5.74, 6) is 0.288. The Morgan fingerprint density at radius 2 is 2.25 bits per heavy atom. The predicted molar refractivity (Wildman–Crippen MR) is 52.4 cm³/mol. The van der Waals surface area contributed by atoms with E-state index >= 15 is 0 Å². The molecule has 0 fully saturated rings. The van der Waals surface area contributed by atoms with E-state index in [0.29, 0.717) is 12.2 Å². The SMILES string of the molecule is C[C@@H](CSSCCC=O)C(=O)O. The van der Waals surface area contributed by atoms with Crippen LogP contribution in [-0.4, -0.2) is 28.9 Å². The number of carboxylic acids is 1. The fourth-order valence-corrected chi connectivity index (χ4v) is 2.67. The zero-order valence-corrected chi connectivity index (χ0v) is 8.49. The van der Waals surface area contributed by atoms with Crippen LogP contribution in [0.25, 0.3) is 0 Å². The Morgan fingerprint density at radius 1 is 1.58 bits per heavy atom. The summed E-state index contributed by atoms with van der Waals surface area (Å²) in [4.78, 5) is 20.2. The van der Waals surface area contributed by atoms with Crippen LogP contribution in [0.4, 0.5) is 0 Å². The van der Waals surface area contributed by atoms with Crippen LogP contribution in [0.15, 0.2) is 0 Å². The second-order valence-corrected chi connectivity index (χ2v) is 4.93. The van der Waals surface area contributed by atoms with Crippen LogP contribution in [-0.2, 0) is 9.59 Å². The molecule has 12 heavy (non-hydrogen) atoms.